The van der Waals surface area contributed by atoms with Crippen LogP contribution in [0.3, 0.4) is 0 Å². The highest BCUT2D eigenvalue weighted by Gasteiger charge is 2.27. The van der Waals surface area contributed by atoms with Gasteiger partial charge in [-0.2, -0.15) is 5.26 Å². The molecule has 0 aromatic rings. The summed E-state index contributed by atoms with van der Waals surface area (Å²) in [6.07, 6.45) is 0. The second kappa shape index (κ2) is 4.43. The van der Waals surface area contributed by atoms with Crippen LogP contribution in [0.4, 0.5) is 0 Å². The molecule has 0 aliphatic heterocycles. The first-order chi connectivity index (χ1) is 6.25. The number of nitrogens with one attached hydrogen (secondary N) is 2. The quantitative estimate of drug-likeness (QED) is 0.695. The number of amides is 1. The van der Waals surface area contributed by atoms with Gasteiger partial charge >= 0.3 is 0 Å². The Morgan fingerprint density at radius 3 is 2.21 bits per heavy atom. The summed E-state index contributed by atoms with van der Waals surface area (Å²) in [5.74, 6) is -0.0941. The Balaban J connectivity index is 4.19. The van der Waals surface area contributed by atoms with Gasteiger partial charge < -0.3 is 10.6 Å². The fourth-order valence-corrected chi connectivity index (χ4v) is 0.675. The molecule has 4 heteroatoms. The second-order valence-electron chi connectivity index (χ2n) is 4.55. The van der Waals surface area contributed by atoms with Gasteiger partial charge in [0.05, 0.1) is 17.0 Å². The molecule has 0 aromatic heterocycles. The van der Waals surface area contributed by atoms with E-state index in [1.807, 2.05) is 0 Å². The lowest BCUT2D eigenvalue weighted by molar-refractivity contribution is -0.126. The molecular weight excluding hydrogens is 178 g/mol. The van der Waals surface area contributed by atoms with Crippen molar-refractivity contribution in [3.05, 3.63) is 0 Å². The van der Waals surface area contributed by atoms with Gasteiger partial charge in [-0.25, -0.2) is 0 Å². The SMILES string of the molecule is CNC(C)(C)C(=O)NCC(C)(C)C#N. The summed E-state index contributed by atoms with van der Waals surface area (Å²) in [4.78, 5) is 11.6. The van der Waals surface area contributed by atoms with Crippen molar-refractivity contribution in [2.45, 2.75) is 33.2 Å². The summed E-state index contributed by atoms with van der Waals surface area (Å²) < 4.78 is 0. The minimum absolute atomic E-state index is 0.0941. The number of hydrogen-bond donors (Lipinski definition) is 2. The number of rotatable bonds is 4. The summed E-state index contributed by atoms with van der Waals surface area (Å²) in [6, 6.07) is 2.13. The lowest BCUT2D eigenvalue weighted by Gasteiger charge is -2.25. The molecule has 14 heavy (non-hydrogen) atoms. The third-order valence-electron chi connectivity index (χ3n) is 2.19. The summed E-state index contributed by atoms with van der Waals surface area (Å²) in [5, 5.41) is 14.4. The van der Waals surface area contributed by atoms with Crippen molar-refractivity contribution in [1.82, 2.24) is 10.6 Å². The zero-order valence-electron chi connectivity index (χ0n) is 9.56. The summed E-state index contributed by atoms with van der Waals surface area (Å²) in [7, 11) is 1.73. The second-order valence-corrected chi connectivity index (χ2v) is 4.55. The number of likely N-dealkylation sites (N-methyl/N-ethyl adjacent to an activating group) is 1. The highest BCUT2D eigenvalue weighted by atomic mass is 16.2. The molecule has 0 spiro atoms. The number of carbonyl (C=O) groups excluding carboxylic acids is 1. The van der Waals surface area contributed by atoms with E-state index in [1.165, 1.54) is 0 Å². The maximum Gasteiger partial charge on any atom is 0.239 e. The average Bonchev–Trinajstić information content (AvgIpc) is 2.14. The third-order valence-corrected chi connectivity index (χ3v) is 2.19. The van der Waals surface area contributed by atoms with Gasteiger partial charge in [0.15, 0.2) is 0 Å². The Morgan fingerprint density at radius 1 is 1.36 bits per heavy atom. The lowest BCUT2D eigenvalue weighted by atomic mass is 9.95. The number of nitriles is 1. The normalized spacial score (nSPS) is 12.0. The largest absolute Gasteiger partial charge is 0.353 e. The van der Waals surface area contributed by atoms with Crippen molar-refractivity contribution in [2.75, 3.05) is 13.6 Å². The maximum absolute atomic E-state index is 11.6. The van der Waals surface area contributed by atoms with Crippen LogP contribution in [0.2, 0.25) is 0 Å². The van der Waals surface area contributed by atoms with Gasteiger partial charge in [-0.3, -0.25) is 4.79 Å². The van der Waals surface area contributed by atoms with Crippen molar-refractivity contribution in [3.8, 4) is 6.07 Å². The monoisotopic (exact) mass is 197 g/mol. The van der Waals surface area contributed by atoms with Gasteiger partial charge in [-0.1, -0.05) is 0 Å². The molecule has 0 heterocycles. The van der Waals surface area contributed by atoms with Crippen LogP contribution in [0.15, 0.2) is 0 Å². The van der Waals surface area contributed by atoms with Crippen molar-refractivity contribution in [3.63, 3.8) is 0 Å². The highest BCUT2D eigenvalue weighted by Crippen LogP contribution is 2.11. The van der Waals surface area contributed by atoms with E-state index in [2.05, 4.69) is 16.7 Å². The van der Waals surface area contributed by atoms with Crippen LogP contribution in [-0.4, -0.2) is 25.0 Å². The Bertz CT molecular complexity index is 251. The predicted octanol–water partition coefficient (Wildman–Crippen LogP) is 0.650. The van der Waals surface area contributed by atoms with Crippen LogP contribution in [-0.2, 0) is 4.79 Å². The van der Waals surface area contributed by atoms with Crippen molar-refractivity contribution in [2.24, 2.45) is 5.41 Å². The fourth-order valence-electron chi connectivity index (χ4n) is 0.675. The van der Waals surface area contributed by atoms with Gasteiger partial charge in [-0.15, -0.1) is 0 Å². The van der Waals surface area contributed by atoms with E-state index in [-0.39, 0.29) is 5.91 Å². The molecule has 0 saturated heterocycles. The van der Waals surface area contributed by atoms with E-state index in [4.69, 9.17) is 5.26 Å². The third kappa shape index (κ3) is 3.75. The smallest absolute Gasteiger partial charge is 0.239 e. The van der Waals surface area contributed by atoms with Crippen LogP contribution in [0.1, 0.15) is 27.7 Å². The Labute approximate surface area is 85.7 Å². The fraction of sp³-hybridized carbons (Fsp3) is 0.800. The molecule has 1 amide bonds. The predicted molar refractivity (Wildman–Crippen MR) is 55.5 cm³/mol. The zero-order chi connectivity index (χ0) is 11.4. The molecule has 0 aliphatic rings. The molecule has 0 unspecified atom stereocenters. The lowest BCUT2D eigenvalue weighted by Crippen LogP contribution is -2.52. The first kappa shape index (κ1) is 12.9. The molecule has 0 atom stereocenters. The molecular formula is C10H19N3O. The van der Waals surface area contributed by atoms with Crippen molar-refractivity contribution >= 4 is 5.91 Å². The maximum atomic E-state index is 11.6. The van der Waals surface area contributed by atoms with E-state index >= 15 is 0 Å². The van der Waals surface area contributed by atoms with Gasteiger partial charge in [-0.05, 0) is 34.7 Å². The van der Waals surface area contributed by atoms with Crippen LogP contribution in [0, 0.1) is 16.7 Å². The standard InChI is InChI=1S/C10H19N3O/c1-9(2,6-11)7-13-8(14)10(3,4)12-5/h12H,7H2,1-5H3,(H,13,14). The molecule has 0 fully saturated rings. The van der Waals surface area contributed by atoms with Gasteiger partial charge in [0.25, 0.3) is 0 Å². The van der Waals surface area contributed by atoms with E-state index in [9.17, 15) is 4.79 Å². The van der Waals surface area contributed by atoms with Crippen molar-refractivity contribution in [1.29, 1.82) is 5.26 Å². The van der Waals surface area contributed by atoms with Crippen LogP contribution in [0.25, 0.3) is 0 Å². The first-order valence-corrected chi connectivity index (χ1v) is 4.63. The van der Waals surface area contributed by atoms with E-state index in [1.54, 1.807) is 34.7 Å². The molecule has 0 saturated carbocycles. The Morgan fingerprint density at radius 2 is 1.86 bits per heavy atom. The molecule has 2 N–H and O–H groups in total. The molecule has 4 nitrogen and oxygen atoms in total. The summed E-state index contributed by atoms with van der Waals surface area (Å²) in [5.41, 5.74) is -1.11. The molecule has 0 aliphatic carbocycles. The molecule has 0 bridgehead atoms. The first-order valence-electron chi connectivity index (χ1n) is 4.63. The number of carbonyl (C=O) groups is 1. The van der Waals surface area contributed by atoms with E-state index < -0.39 is 11.0 Å². The van der Waals surface area contributed by atoms with Crippen molar-refractivity contribution < 1.29 is 4.79 Å². The summed E-state index contributed by atoms with van der Waals surface area (Å²) in [6.45, 7) is 7.54. The van der Waals surface area contributed by atoms with Gasteiger partial charge in [0.1, 0.15) is 0 Å². The van der Waals surface area contributed by atoms with E-state index in [0.29, 0.717) is 6.54 Å². The van der Waals surface area contributed by atoms with E-state index in [0.717, 1.165) is 0 Å². The van der Waals surface area contributed by atoms with Gasteiger partial charge in [0.2, 0.25) is 5.91 Å². The van der Waals surface area contributed by atoms with Crippen LogP contribution < -0.4 is 10.6 Å². The average molecular weight is 197 g/mol. The van der Waals surface area contributed by atoms with Gasteiger partial charge in [0, 0.05) is 6.54 Å². The minimum atomic E-state index is -0.592. The van der Waals surface area contributed by atoms with Crippen LogP contribution >= 0.6 is 0 Å². The molecule has 80 valence electrons. The Kier molecular flexibility index (Phi) is 4.08. The molecule has 0 radical (unpaired) electrons. The molecule has 0 aromatic carbocycles. The molecule has 0 rings (SSSR count). The zero-order valence-corrected chi connectivity index (χ0v) is 9.56. The Hall–Kier alpha value is -1.08. The number of hydrogen-bond acceptors (Lipinski definition) is 3. The number of nitrogens with zero attached hydrogens (tertiary/aromatic N) is 1. The highest BCUT2D eigenvalue weighted by molar-refractivity contribution is 5.85. The summed E-state index contributed by atoms with van der Waals surface area (Å²) >= 11 is 0. The topological polar surface area (TPSA) is 64.9 Å². The minimum Gasteiger partial charge on any atom is -0.353 e. The van der Waals surface area contributed by atoms with Crippen LogP contribution in [0.5, 0.6) is 0 Å².